The molecule has 66 heteroatoms. The van der Waals surface area contributed by atoms with Crippen LogP contribution in [0.2, 0.25) is 0 Å². The van der Waals surface area contributed by atoms with Crippen molar-refractivity contribution in [2.45, 2.75) is 81.4 Å². The summed E-state index contributed by atoms with van der Waals surface area (Å²) in [5.41, 5.74) is 3.37. The van der Waals surface area contributed by atoms with Crippen molar-refractivity contribution in [2.75, 3.05) is 92.1 Å². The Labute approximate surface area is 833 Å². The van der Waals surface area contributed by atoms with Gasteiger partial charge in [0, 0.05) is 80.3 Å². The molecule has 0 saturated heterocycles. The Kier molecular flexibility index (Phi) is 47.2. The molecule has 0 atom stereocenters. The Morgan fingerprint density at radius 1 is 0.500 bits per heavy atom. The summed E-state index contributed by atoms with van der Waals surface area (Å²) in [6.45, 7) is 5.49. The SMILES string of the molecule is C.C.COC.COC.Cc1cc(=O)n2c([nH]c3ccccc32)c1C#N.Cc1cc(N=Nc2c(C)c(C#N)c3nc4ccccc4n3c2O)c(OCCCS(=O)(=O)O)cc1N=Nc1cc(Nc2nc(NCCS(=O)(=O)O)nc(Nc3cccc(S(=O)(=O)O)c3)n2)c(N=Nc2cc(C)c(N=Nc3ccc([N+](=O)[O-])cc3S(=O)(=O)O)cc2SCCCS(=O)(=O)O)cc1SCCCS(=O)(=O)O.O=S(=O)=O.O=S(=O)=O.O=S(=O)=O. The third-order valence-electron chi connectivity index (χ3n) is 17.4. The Morgan fingerprint density at radius 3 is 1.51 bits per heavy atom. The Balaban J connectivity index is 0.000000985. The molecule has 144 heavy (non-hydrogen) atoms. The molecule has 55 nitrogen and oxygen atoms in total. The van der Waals surface area contributed by atoms with Gasteiger partial charge in [0.2, 0.25) is 23.7 Å². The number of non-ortho nitro benzene ring substituents is 1. The number of hydrogen-bond donors (Lipinski definition) is 11. The summed E-state index contributed by atoms with van der Waals surface area (Å²) in [5, 5.41) is 86.2. The summed E-state index contributed by atoms with van der Waals surface area (Å²) >= 11 is 1.92. The molecule has 0 radical (unpaired) electrons. The van der Waals surface area contributed by atoms with Gasteiger partial charge in [-0.05, 0) is 154 Å². The first-order valence-corrected chi connectivity index (χ1v) is 53.1. The number of ether oxygens (including phenoxy) is 3. The second-order valence-corrected chi connectivity index (χ2v) is 40.5. The van der Waals surface area contributed by atoms with Gasteiger partial charge in [-0.3, -0.25) is 51.0 Å². The summed E-state index contributed by atoms with van der Waals surface area (Å²) in [7, 11) is -30.8. The number of aromatic hydroxyl groups is 1. The number of aryl methyl sites for hydroxylation is 3. The number of methoxy groups -OCH3 is 2. The van der Waals surface area contributed by atoms with Gasteiger partial charge in [-0.15, -0.1) is 92.1 Å². The molecule has 0 amide bonds. The number of nitrogens with one attached hydrogen (secondary N) is 4. The quantitative estimate of drug-likeness (QED) is 0.00445. The van der Waals surface area contributed by atoms with Crippen LogP contribution in [-0.2, 0) is 102 Å². The summed E-state index contributed by atoms with van der Waals surface area (Å²) in [6, 6.07) is 35.3. The topological polar surface area (TPSA) is 847 Å². The van der Waals surface area contributed by atoms with E-state index >= 15 is 0 Å². The third-order valence-corrected chi connectivity index (χ3v) is 24.5. The van der Waals surface area contributed by atoms with E-state index in [1.807, 2.05) is 24.3 Å². The molecule has 5 heterocycles. The Morgan fingerprint density at radius 2 is 0.972 bits per heavy atom. The lowest BCUT2D eigenvalue weighted by Gasteiger charge is -2.15. The number of anilines is 5. The average molecular weight is 2220 g/mol. The van der Waals surface area contributed by atoms with Crippen LogP contribution in [0.5, 0.6) is 11.6 Å². The van der Waals surface area contributed by atoms with Crippen LogP contribution in [0, 0.1) is 60.5 Å². The molecule has 11 N–H and O–H groups in total. The summed E-state index contributed by atoms with van der Waals surface area (Å²) in [5.74, 6) is -4.84. The van der Waals surface area contributed by atoms with Crippen molar-refractivity contribution in [1.29, 1.82) is 10.5 Å². The van der Waals surface area contributed by atoms with Gasteiger partial charge in [-0.25, -0.2) is 4.98 Å². The normalized spacial score (nSPS) is 11.4. The van der Waals surface area contributed by atoms with Crippen LogP contribution >= 0.6 is 23.5 Å². The smallest absolute Gasteiger partial charge is 0.425 e. The van der Waals surface area contributed by atoms with Crippen molar-refractivity contribution >= 4 is 230 Å². The number of azo groups is 4. The van der Waals surface area contributed by atoms with Gasteiger partial charge in [-0.2, -0.15) is 86.2 Å². The molecule has 12 aromatic rings. The van der Waals surface area contributed by atoms with E-state index in [9.17, 15) is 103 Å². The second kappa shape index (κ2) is 55.6. The van der Waals surface area contributed by atoms with Crippen LogP contribution in [0.1, 0.15) is 67.5 Å². The van der Waals surface area contributed by atoms with Gasteiger partial charge < -0.3 is 40.3 Å². The molecule has 774 valence electrons. The van der Waals surface area contributed by atoms with E-state index in [0.29, 0.717) is 39.4 Å². The number of nitro groups is 1. The fourth-order valence-corrected chi connectivity index (χ4v) is 17.0. The van der Waals surface area contributed by atoms with E-state index in [-0.39, 0.29) is 159 Å². The van der Waals surface area contributed by atoms with Crippen LogP contribution in [-0.4, -0.2) is 236 Å². The highest BCUT2D eigenvalue weighted by Gasteiger charge is 2.26. The number of H-pyrrole nitrogens is 1. The van der Waals surface area contributed by atoms with Gasteiger partial charge >= 0.3 is 31.8 Å². The molecule has 7 aromatic carbocycles. The molecule has 12 rings (SSSR count). The Bertz CT molecular complexity index is 8100. The number of fused-ring (bicyclic) bond motifs is 6. The van der Waals surface area contributed by atoms with Crippen molar-refractivity contribution in [3.8, 4) is 23.8 Å². The van der Waals surface area contributed by atoms with E-state index in [4.69, 9.17) is 47.9 Å². The minimum Gasteiger partial charge on any atom is -0.493 e. The van der Waals surface area contributed by atoms with Crippen LogP contribution in [0.4, 0.5) is 80.4 Å². The summed E-state index contributed by atoms with van der Waals surface area (Å²) in [4.78, 5) is 42.1. The van der Waals surface area contributed by atoms with Crippen LogP contribution in [0.3, 0.4) is 0 Å². The number of para-hydroxylation sites is 4. The number of nitriles is 2. The van der Waals surface area contributed by atoms with E-state index in [2.05, 4.69) is 103 Å². The van der Waals surface area contributed by atoms with Gasteiger partial charge in [0.25, 0.3) is 72.0 Å². The molecule has 0 bridgehead atoms. The number of rotatable bonds is 34. The van der Waals surface area contributed by atoms with Gasteiger partial charge in [-0.1, -0.05) is 45.2 Å². The number of imidazole rings is 2. The third kappa shape index (κ3) is 39.0. The maximum absolute atomic E-state index is 12.4. The highest BCUT2D eigenvalue weighted by Crippen LogP contribution is 2.46. The minimum absolute atomic E-state index is 0. The predicted octanol–water partition coefficient (Wildman–Crippen LogP) is 13.2. The first-order chi connectivity index (χ1) is 66.4. The van der Waals surface area contributed by atoms with Crippen LogP contribution < -0.4 is 26.2 Å². The first-order valence-electron chi connectivity index (χ1n) is 38.8. The molecule has 5 aromatic heterocycles. The highest BCUT2D eigenvalue weighted by atomic mass is 32.2. The molecule has 0 aliphatic rings. The van der Waals surface area contributed by atoms with Gasteiger partial charge in [0.15, 0.2) is 11.3 Å². The largest absolute Gasteiger partial charge is 0.493 e. The van der Waals surface area contributed by atoms with Crippen molar-refractivity contribution in [3.05, 3.63) is 187 Å². The summed E-state index contributed by atoms with van der Waals surface area (Å²) < 4.78 is 296. The van der Waals surface area contributed by atoms with Crippen LogP contribution in [0.15, 0.2) is 199 Å². The number of aromatic amines is 1. The molecular formula is C78H87N21O34S11. The number of benzene rings is 7. The van der Waals surface area contributed by atoms with E-state index in [1.54, 1.807) is 71.0 Å². The summed E-state index contributed by atoms with van der Waals surface area (Å²) in [6.07, 6.45) is -0.567. The van der Waals surface area contributed by atoms with E-state index in [1.165, 1.54) is 72.8 Å². The number of nitro benzene ring substituents is 1. The lowest BCUT2D eigenvalue weighted by Crippen LogP contribution is -2.17. The highest BCUT2D eigenvalue weighted by molar-refractivity contribution is 7.99. The standard InChI is InChI=1S/C59H58N18O22S8.C13H9N3O.2C2H6O.2CH4.3O3S/c1-33-24-46(72-75-54-35(3)39(32-60)55-63-40-12-4-5-13-49(40)76(55)56(54)78)50(99-17-7-20-102(81,82)83)29-42(33)69-74-48-28-44(64-59-66-57(61-16-23-105(90,91)92)65-58(67-59)62-36-10-6-11-38(26-36)106(93,94)95)45(31-52(48)101-19-9-22-104(87,88)89)71-73-47-25-34(2)43(30-51(47)100-18-8-21-103(84,85)86)70-68-41-15-14-37(77(79)80)27-53(41)107(96,97)98;1-8-6-12(17)16-11-5-3-2-4-10(11)15-13(16)9(8)7-14;2*1-3-2;;;3*1-4(2)3/h4-6,10-15,24-31,78H,7-9,16-23H2,1-3H3,(H,81,82,83)(H,84,85,86)(H,87,88,89)(H,90,91,92)(H,93,94,95)(H,96,97,98)(H3,61,62,64,65,66,67);2-6,15H,1H3;2*1-2H3;2*1H4;;;. The van der Waals surface area contributed by atoms with Gasteiger partial charge in [0.05, 0.1) is 89.8 Å². The first kappa shape index (κ1) is 122. The van der Waals surface area contributed by atoms with Crippen molar-refractivity contribution in [2.24, 2.45) is 40.9 Å². The van der Waals surface area contributed by atoms with Crippen molar-refractivity contribution in [1.82, 2.24) is 33.7 Å². The molecule has 0 aliphatic heterocycles. The molecule has 0 unspecified atom stereocenters. The van der Waals surface area contributed by atoms with E-state index < -0.39 is 160 Å². The Hall–Kier alpha value is -14.0. The number of pyridine rings is 2. The number of nitrogens with zero attached hydrogens (tertiary/aromatic N) is 17. The molecule has 0 spiro atoms. The maximum atomic E-state index is 12.4. The number of aromatic nitrogens is 7. The zero-order chi connectivity index (χ0) is 106. The van der Waals surface area contributed by atoms with Crippen molar-refractivity contribution in [3.63, 3.8) is 0 Å². The average Bonchev–Trinajstić information content (AvgIpc) is 1.58. The maximum Gasteiger partial charge on any atom is 0.425 e. The molecular weight excluding hydrogens is 2130 g/mol. The predicted molar refractivity (Wildman–Crippen MR) is 523 cm³/mol. The molecule has 0 saturated carbocycles. The van der Waals surface area contributed by atoms with E-state index in [0.717, 1.165) is 58.8 Å². The fourth-order valence-electron chi connectivity index (χ4n) is 11.7. The lowest BCUT2D eigenvalue weighted by molar-refractivity contribution is -0.385. The molecule has 0 fully saturated rings. The zero-order valence-corrected chi connectivity index (χ0v) is 83.2. The monoisotopic (exact) mass is 2210 g/mol. The van der Waals surface area contributed by atoms with Gasteiger partial charge in [0.1, 0.15) is 56.7 Å². The number of thioether (sulfide) groups is 2. The zero-order valence-electron chi connectivity index (χ0n) is 74.2. The van der Waals surface area contributed by atoms with Crippen molar-refractivity contribution < 1.29 is 140 Å². The van der Waals surface area contributed by atoms with Crippen LogP contribution in [0.25, 0.3) is 33.4 Å². The lowest BCUT2D eigenvalue weighted by atomic mass is 10.1. The minimum atomic E-state index is -5.13. The second-order valence-electron chi connectivity index (χ2n) is 27.9. The molecule has 0 aliphatic carbocycles. The number of hydrogen-bond acceptors (Lipinski definition) is 47. The fraction of sp³-hybridized carbons (Fsp3) is 0.269.